The van der Waals surface area contributed by atoms with Crippen LogP contribution < -0.4 is 9.47 Å². The van der Waals surface area contributed by atoms with Gasteiger partial charge in [-0.3, -0.25) is 4.79 Å². The van der Waals surface area contributed by atoms with Gasteiger partial charge in [0.05, 0.1) is 12.3 Å². The molecule has 0 amide bonds. The van der Waals surface area contributed by atoms with E-state index in [9.17, 15) is 9.90 Å². The van der Waals surface area contributed by atoms with E-state index in [4.69, 9.17) is 9.47 Å². The van der Waals surface area contributed by atoms with Crippen molar-refractivity contribution in [1.29, 1.82) is 0 Å². The Balaban J connectivity index is 1.25. The molecule has 2 heterocycles. The van der Waals surface area contributed by atoms with Gasteiger partial charge in [0.25, 0.3) is 0 Å². The van der Waals surface area contributed by atoms with Crippen LogP contribution in [0, 0.1) is 6.92 Å². The molecule has 1 N–H and O–H groups in total. The van der Waals surface area contributed by atoms with Crippen LogP contribution in [0.5, 0.6) is 11.5 Å². The third-order valence-corrected chi connectivity index (χ3v) is 6.76. The van der Waals surface area contributed by atoms with E-state index in [2.05, 4.69) is 17.1 Å². The van der Waals surface area contributed by atoms with Gasteiger partial charge in [-0.2, -0.15) is 0 Å². The lowest BCUT2D eigenvalue weighted by Crippen LogP contribution is -2.21. The second-order valence-electron chi connectivity index (χ2n) is 7.24. The number of nitrogens with zero attached hydrogens (tertiary/aromatic N) is 1. The molecule has 0 spiro atoms. The lowest BCUT2D eigenvalue weighted by Gasteiger charge is -2.10. The van der Waals surface area contributed by atoms with Gasteiger partial charge in [-0.15, -0.1) is 11.3 Å². The van der Waals surface area contributed by atoms with Gasteiger partial charge in [0.2, 0.25) is 0 Å². The van der Waals surface area contributed by atoms with Crippen molar-refractivity contribution in [3.8, 4) is 22.1 Å². The molecular formula is C22H19NO4S. The van der Waals surface area contributed by atoms with E-state index < -0.39 is 11.4 Å². The second kappa shape index (κ2) is 6.34. The minimum absolute atomic E-state index is 0.230. The first-order chi connectivity index (χ1) is 13.6. The number of carbonyl (C=O) groups is 1. The quantitative estimate of drug-likeness (QED) is 0.679. The number of thiazole rings is 1. The molecule has 2 unspecified atom stereocenters. The third-order valence-electron chi connectivity index (χ3n) is 5.49. The predicted molar refractivity (Wildman–Crippen MR) is 106 cm³/mol. The summed E-state index contributed by atoms with van der Waals surface area (Å²) in [5.41, 5.74) is 2.10. The first-order valence-corrected chi connectivity index (χ1v) is 10.1. The van der Waals surface area contributed by atoms with Crippen molar-refractivity contribution in [1.82, 2.24) is 4.98 Å². The largest absolute Gasteiger partial charge is 0.493 e. The van der Waals surface area contributed by atoms with Crippen molar-refractivity contribution in [2.24, 2.45) is 0 Å². The number of hydrogen-bond acceptors (Lipinski definition) is 5. The average molecular weight is 393 g/mol. The van der Waals surface area contributed by atoms with Crippen molar-refractivity contribution in [2.45, 2.75) is 31.3 Å². The Hall–Kier alpha value is -2.86. The predicted octanol–water partition coefficient (Wildman–Crippen LogP) is 4.23. The van der Waals surface area contributed by atoms with Crippen LogP contribution in [0.4, 0.5) is 0 Å². The van der Waals surface area contributed by atoms with E-state index in [0.717, 1.165) is 28.2 Å². The molecule has 2 atom stereocenters. The van der Waals surface area contributed by atoms with Crippen LogP contribution in [0.25, 0.3) is 10.6 Å². The van der Waals surface area contributed by atoms with Crippen LogP contribution in [0.2, 0.25) is 0 Å². The van der Waals surface area contributed by atoms with Gasteiger partial charge in [0.15, 0.2) is 0 Å². The van der Waals surface area contributed by atoms with Gasteiger partial charge in [-0.05, 0) is 13.0 Å². The van der Waals surface area contributed by atoms with Crippen molar-refractivity contribution < 1.29 is 19.4 Å². The highest BCUT2D eigenvalue weighted by atomic mass is 32.1. The lowest BCUT2D eigenvalue weighted by molar-refractivity contribution is -0.140. The molecule has 0 radical (unpaired) electrons. The zero-order valence-electron chi connectivity index (χ0n) is 15.3. The fourth-order valence-electron chi connectivity index (χ4n) is 3.84. The first-order valence-electron chi connectivity index (χ1n) is 9.27. The third kappa shape index (κ3) is 2.67. The van der Waals surface area contributed by atoms with Gasteiger partial charge in [0.1, 0.15) is 28.0 Å². The Kier molecular flexibility index (Phi) is 3.91. The molecule has 5 nitrogen and oxygen atoms in total. The zero-order valence-corrected chi connectivity index (χ0v) is 16.2. The SMILES string of the molecule is Cc1nc(-c2ccccc2)sc1CCOc1ccc2c(c1)OC1CC21C(=O)O. The Labute approximate surface area is 166 Å². The van der Waals surface area contributed by atoms with Crippen LogP contribution in [0.15, 0.2) is 48.5 Å². The van der Waals surface area contributed by atoms with E-state index in [-0.39, 0.29) is 6.10 Å². The van der Waals surface area contributed by atoms with E-state index in [1.54, 1.807) is 17.4 Å². The van der Waals surface area contributed by atoms with Gasteiger partial charge in [0, 0.05) is 34.9 Å². The summed E-state index contributed by atoms with van der Waals surface area (Å²) in [5, 5.41) is 10.5. The lowest BCUT2D eigenvalue weighted by atomic mass is 9.96. The number of ether oxygens (including phenoxy) is 2. The maximum Gasteiger partial charge on any atom is 0.318 e. The van der Waals surface area contributed by atoms with E-state index in [1.165, 1.54) is 4.88 Å². The summed E-state index contributed by atoms with van der Waals surface area (Å²) in [7, 11) is 0. The Morgan fingerprint density at radius 1 is 1.32 bits per heavy atom. The zero-order chi connectivity index (χ0) is 19.3. The Bertz CT molecular complexity index is 1060. The Morgan fingerprint density at radius 3 is 2.93 bits per heavy atom. The van der Waals surface area contributed by atoms with Gasteiger partial charge in [-0.25, -0.2) is 4.98 Å². The number of rotatable bonds is 6. The number of aryl methyl sites for hydroxylation is 1. The molecule has 0 bridgehead atoms. The van der Waals surface area contributed by atoms with Crippen molar-refractivity contribution >= 4 is 17.3 Å². The maximum absolute atomic E-state index is 11.6. The number of carboxylic acids is 1. The van der Waals surface area contributed by atoms with Crippen molar-refractivity contribution in [2.75, 3.05) is 6.61 Å². The topological polar surface area (TPSA) is 68.7 Å². The molecule has 28 heavy (non-hydrogen) atoms. The monoisotopic (exact) mass is 393 g/mol. The molecule has 1 fully saturated rings. The first kappa shape index (κ1) is 17.3. The van der Waals surface area contributed by atoms with Crippen molar-refractivity contribution in [3.63, 3.8) is 0 Å². The molecule has 0 saturated heterocycles. The molecule has 5 rings (SSSR count). The molecule has 1 aliphatic carbocycles. The fraction of sp³-hybridized carbons (Fsp3) is 0.273. The molecule has 2 aliphatic rings. The second-order valence-corrected chi connectivity index (χ2v) is 8.32. The number of hydrogen-bond donors (Lipinski definition) is 1. The van der Waals surface area contributed by atoms with Crippen LogP contribution in [-0.2, 0) is 16.6 Å². The van der Waals surface area contributed by atoms with Gasteiger partial charge < -0.3 is 14.6 Å². The molecule has 3 aromatic rings. The minimum Gasteiger partial charge on any atom is -0.493 e. The molecule has 1 aromatic heterocycles. The number of aliphatic carboxylic acids is 1. The number of aromatic nitrogens is 1. The summed E-state index contributed by atoms with van der Waals surface area (Å²) in [4.78, 5) is 17.5. The maximum atomic E-state index is 11.6. The van der Waals surface area contributed by atoms with E-state index >= 15 is 0 Å². The van der Waals surface area contributed by atoms with Crippen LogP contribution in [-0.4, -0.2) is 28.8 Å². The smallest absolute Gasteiger partial charge is 0.318 e. The molecular weight excluding hydrogens is 374 g/mol. The standard InChI is InChI=1S/C22H19NO4S/c1-13-18(28-20(23-13)14-5-3-2-4-6-14)9-10-26-15-7-8-16-17(11-15)27-19-12-22(16,19)21(24)25/h2-8,11,19H,9-10,12H2,1H3,(H,24,25). The highest BCUT2D eigenvalue weighted by Crippen LogP contribution is 2.59. The summed E-state index contributed by atoms with van der Waals surface area (Å²) in [6.07, 6.45) is 1.10. The molecule has 2 aromatic carbocycles. The highest BCUT2D eigenvalue weighted by Gasteiger charge is 2.69. The molecule has 6 heteroatoms. The highest BCUT2D eigenvalue weighted by molar-refractivity contribution is 7.15. The average Bonchev–Trinajstić information content (AvgIpc) is 3.17. The minimum atomic E-state index is -0.832. The fourth-order valence-corrected chi connectivity index (χ4v) is 4.89. The Morgan fingerprint density at radius 2 is 2.14 bits per heavy atom. The summed E-state index contributed by atoms with van der Waals surface area (Å²) in [6.45, 7) is 2.56. The van der Waals surface area contributed by atoms with Gasteiger partial charge >= 0.3 is 5.97 Å². The number of benzene rings is 2. The number of carboxylic acid groups (broad SMARTS) is 1. The van der Waals surface area contributed by atoms with E-state index in [1.807, 2.05) is 37.3 Å². The summed E-state index contributed by atoms with van der Waals surface area (Å²) in [5.74, 6) is 0.530. The van der Waals surface area contributed by atoms with Crippen LogP contribution >= 0.6 is 11.3 Å². The van der Waals surface area contributed by atoms with Crippen LogP contribution in [0.1, 0.15) is 22.6 Å². The summed E-state index contributed by atoms with van der Waals surface area (Å²) >= 11 is 1.70. The molecule has 1 saturated carbocycles. The summed E-state index contributed by atoms with van der Waals surface area (Å²) in [6, 6.07) is 15.6. The van der Waals surface area contributed by atoms with Gasteiger partial charge in [-0.1, -0.05) is 36.4 Å². The molecule has 1 aliphatic heterocycles. The summed E-state index contributed by atoms with van der Waals surface area (Å²) < 4.78 is 11.7. The number of fused-ring (bicyclic) bond motifs is 3. The van der Waals surface area contributed by atoms with Crippen LogP contribution in [0.3, 0.4) is 0 Å². The van der Waals surface area contributed by atoms with Crippen molar-refractivity contribution in [3.05, 3.63) is 64.7 Å². The van der Waals surface area contributed by atoms with E-state index in [0.29, 0.717) is 24.5 Å². The normalized spacial score (nSPS) is 21.5. The molecule has 142 valence electrons.